The van der Waals surface area contributed by atoms with Crippen LogP contribution >= 0.6 is 0 Å². The Morgan fingerprint density at radius 2 is 1.37 bits per heavy atom. The molecular formula is C27H43NO2. The molecule has 0 spiro atoms. The Balaban J connectivity index is 1.50. The monoisotopic (exact) mass is 413 g/mol. The smallest absolute Gasteiger partial charge is 0.335 e. The van der Waals surface area contributed by atoms with Crippen molar-refractivity contribution >= 4 is 16.9 Å². The number of hydrogen-bond donors (Lipinski definition) is 2. The summed E-state index contributed by atoms with van der Waals surface area (Å²) in [5.74, 6) is -0.377. The average Bonchev–Trinajstić information content (AvgIpc) is 3.17. The molecule has 1 aromatic carbocycles. The Bertz CT molecular complexity index is 734. The first-order valence-corrected chi connectivity index (χ1v) is 12.5. The van der Waals surface area contributed by atoms with E-state index in [9.17, 15) is 4.79 Å². The molecule has 1 aromatic heterocycles. The molecule has 1 atom stereocenters. The van der Waals surface area contributed by atoms with Gasteiger partial charge >= 0.3 is 5.97 Å². The highest BCUT2D eigenvalue weighted by Crippen LogP contribution is 2.26. The highest BCUT2D eigenvalue weighted by molar-refractivity contribution is 5.93. The lowest BCUT2D eigenvalue weighted by Crippen LogP contribution is -1.94. The van der Waals surface area contributed by atoms with Gasteiger partial charge in [-0.15, -0.1) is 0 Å². The van der Waals surface area contributed by atoms with E-state index in [1.54, 1.807) is 12.1 Å². The van der Waals surface area contributed by atoms with Gasteiger partial charge in [-0.05, 0) is 36.6 Å². The maximum Gasteiger partial charge on any atom is 0.335 e. The van der Waals surface area contributed by atoms with Crippen LogP contribution in [0.3, 0.4) is 0 Å². The maximum absolute atomic E-state index is 11.1. The summed E-state index contributed by atoms with van der Waals surface area (Å²) in [7, 11) is 0. The summed E-state index contributed by atoms with van der Waals surface area (Å²) in [6, 6.07) is 7.43. The zero-order chi connectivity index (χ0) is 21.6. The van der Waals surface area contributed by atoms with Crippen LogP contribution in [0.15, 0.2) is 24.3 Å². The Labute approximate surface area is 183 Å². The van der Waals surface area contributed by atoms with Gasteiger partial charge in [-0.2, -0.15) is 0 Å². The molecule has 0 saturated carbocycles. The van der Waals surface area contributed by atoms with Gasteiger partial charge in [-0.1, -0.05) is 104 Å². The predicted octanol–water partition coefficient (Wildman–Crippen LogP) is 8.84. The molecule has 2 N–H and O–H groups in total. The van der Waals surface area contributed by atoms with Gasteiger partial charge in [0.1, 0.15) is 0 Å². The molecule has 0 fully saturated rings. The SMILES string of the molecule is CCCCCCCCCCCCCCCCC(C)c1cc2cc(C(=O)O)ccc2[nH]1. The van der Waals surface area contributed by atoms with Crippen LogP contribution < -0.4 is 0 Å². The van der Waals surface area contributed by atoms with Crippen LogP contribution in [-0.4, -0.2) is 16.1 Å². The van der Waals surface area contributed by atoms with Crippen LogP contribution in [0.5, 0.6) is 0 Å². The van der Waals surface area contributed by atoms with E-state index < -0.39 is 5.97 Å². The van der Waals surface area contributed by atoms with Crippen molar-refractivity contribution in [1.82, 2.24) is 4.98 Å². The van der Waals surface area contributed by atoms with Gasteiger partial charge in [-0.3, -0.25) is 0 Å². The molecule has 30 heavy (non-hydrogen) atoms. The fourth-order valence-electron chi connectivity index (χ4n) is 4.35. The van der Waals surface area contributed by atoms with Crippen molar-refractivity contribution in [1.29, 1.82) is 0 Å². The number of aromatic nitrogens is 1. The lowest BCUT2D eigenvalue weighted by molar-refractivity contribution is 0.0697. The van der Waals surface area contributed by atoms with Crippen LogP contribution in [0.2, 0.25) is 0 Å². The summed E-state index contributed by atoms with van der Waals surface area (Å²) in [6.45, 7) is 4.55. The lowest BCUT2D eigenvalue weighted by Gasteiger charge is -2.09. The van der Waals surface area contributed by atoms with Gasteiger partial charge in [0.2, 0.25) is 0 Å². The molecule has 2 rings (SSSR count). The standard InChI is InChI=1S/C27H43NO2/c1-3-4-5-6-7-8-9-10-11-12-13-14-15-16-17-22(2)26-21-24-20-23(27(29)30)18-19-25(24)28-26/h18-22,28H,3-17H2,1-2H3,(H,29,30). The summed E-state index contributed by atoms with van der Waals surface area (Å²) >= 11 is 0. The first kappa shape index (κ1) is 24.5. The Hall–Kier alpha value is -1.77. The summed E-state index contributed by atoms with van der Waals surface area (Å²) in [5, 5.41) is 10.1. The van der Waals surface area contributed by atoms with Crippen LogP contribution in [-0.2, 0) is 0 Å². The lowest BCUT2D eigenvalue weighted by atomic mass is 9.98. The molecule has 1 unspecified atom stereocenters. The van der Waals surface area contributed by atoms with E-state index in [1.807, 2.05) is 6.07 Å². The van der Waals surface area contributed by atoms with E-state index in [0.29, 0.717) is 11.5 Å². The van der Waals surface area contributed by atoms with Gasteiger partial charge in [0, 0.05) is 16.6 Å². The van der Waals surface area contributed by atoms with Crippen LogP contribution in [0.4, 0.5) is 0 Å². The number of carboxylic acids is 1. The molecule has 0 amide bonds. The first-order valence-electron chi connectivity index (χ1n) is 12.5. The van der Waals surface area contributed by atoms with Gasteiger partial charge in [0.05, 0.1) is 5.56 Å². The molecule has 0 bridgehead atoms. The number of carbonyl (C=O) groups is 1. The van der Waals surface area contributed by atoms with E-state index >= 15 is 0 Å². The van der Waals surface area contributed by atoms with Crippen molar-refractivity contribution in [3.63, 3.8) is 0 Å². The molecule has 168 valence electrons. The molecule has 0 saturated heterocycles. The number of aromatic carboxylic acids is 1. The third-order valence-corrected chi connectivity index (χ3v) is 6.41. The van der Waals surface area contributed by atoms with E-state index in [2.05, 4.69) is 24.9 Å². The number of rotatable bonds is 17. The van der Waals surface area contributed by atoms with Gasteiger partial charge in [0.15, 0.2) is 0 Å². The van der Waals surface area contributed by atoms with E-state index in [1.165, 1.54) is 102 Å². The maximum atomic E-state index is 11.1. The number of nitrogens with one attached hydrogen (secondary N) is 1. The van der Waals surface area contributed by atoms with Crippen molar-refractivity contribution in [2.24, 2.45) is 0 Å². The summed E-state index contributed by atoms with van der Waals surface area (Å²) in [4.78, 5) is 14.6. The average molecular weight is 414 g/mol. The minimum Gasteiger partial charge on any atom is -0.478 e. The first-order chi connectivity index (χ1) is 14.6. The number of unbranched alkanes of at least 4 members (excludes halogenated alkanes) is 13. The van der Waals surface area contributed by atoms with Crippen LogP contribution in [0.25, 0.3) is 10.9 Å². The topological polar surface area (TPSA) is 53.1 Å². The molecule has 0 aliphatic rings. The van der Waals surface area contributed by atoms with Gasteiger partial charge in [-0.25, -0.2) is 4.79 Å². The van der Waals surface area contributed by atoms with Crippen molar-refractivity contribution < 1.29 is 9.90 Å². The summed E-state index contributed by atoms with van der Waals surface area (Å²) < 4.78 is 0. The highest BCUT2D eigenvalue weighted by atomic mass is 16.4. The number of hydrogen-bond acceptors (Lipinski definition) is 1. The minimum atomic E-state index is -0.866. The summed E-state index contributed by atoms with van der Waals surface area (Å²) in [6.07, 6.45) is 20.7. The number of carboxylic acid groups (broad SMARTS) is 1. The second-order valence-electron chi connectivity index (χ2n) is 9.12. The number of benzene rings is 1. The second-order valence-corrected chi connectivity index (χ2v) is 9.12. The summed E-state index contributed by atoms with van der Waals surface area (Å²) in [5.41, 5.74) is 2.61. The van der Waals surface area contributed by atoms with Crippen molar-refractivity contribution in [2.75, 3.05) is 0 Å². The van der Waals surface area contributed by atoms with Crippen molar-refractivity contribution in [3.05, 3.63) is 35.5 Å². The molecule has 3 nitrogen and oxygen atoms in total. The highest BCUT2D eigenvalue weighted by Gasteiger charge is 2.11. The zero-order valence-corrected chi connectivity index (χ0v) is 19.3. The molecular weight excluding hydrogens is 370 g/mol. The fraction of sp³-hybridized carbons (Fsp3) is 0.667. The second kappa shape index (κ2) is 14.3. The quantitative estimate of drug-likeness (QED) is 0.254. The van der Waals surface area contributed by atoms with E-state index in [-0.39, 0.29) is 0 Å². The molecule has 0 radical (unpaired) electrons. The number of aromatic amines is 1. The van der Waals surface area contributed by atoms with Gasteiger partial charge in [0.25, 0.3) is 0 Å². The Kier molecular flexibility index (Phi) is 11.7. The molecule has 0 aliphatic heterocycles. The molecule has 3 heteroatoms. The third kappa shape index (κ3) is 8.93. The number of fused-ring (bicyclic) bond motifs is 1. The van der Waals surface area contributed by atoms with Crippen LogP contribution in [0.1, 0.15) is 132 Å². The van der Waals surface area contributed by atoms with E-state index in [4.69, 9.17) is 5.11 Å². The Morgan fingerprint density at radius 3 is 1.90 bits per heavy atom. The fourth-order valence-corrected chi connectivity index (χ4v) is 4.35. The molecule has 0 aliphatic carbocycles. The largest absolute Gasteiger partial charge is 0.478 e. The molecule has 1 heterocycles. The minimum absolute atomic E-state index is 0.354. The van der Waals surface area contributed by atoms with Gasteiger partial charge < -0.3 is 10.1 Å². The molecule has 2 aromatic rings. The third-order valence-electron chi connectivity index (χ3n) is 6.41. The predicted molar refractivity (Wildman–Crippen MR) is 129 cm³/mol. The number of H-pyrrole nitrogens is 1. The normalized spacial score (nSPS) is 12.5. The zero-order valence-electron chi connectivity index (χ0n) is 19.3. The van der Waals surface area contributed by atoms with Crippen molar-refractivity contribution in [2.45, 2.75) is 116 Å². The van der Waals surface area contributed by atoms with E-state index in [0.717, 1.165) is 10.9 Å². The van der Waals surface area contributed by atoms with Crippen LogP contribution in [0, 0.1) is 0 Å². The Morgan fingerprint density at radius 1 is 0.833 bits per heavy atom. The van der Waals surface area contributed by atoms with Crippen molar-refractivity contribution in [3.8, 4) is 0 Å².